The molecule has 1 N–H and O–H groups in total. The Morgan fingerprint density at radius 1 is 0.676 bits per heavy atom. The molecule has 1 unspecified atom stereocenters. The molecule has 185 valence electrons. The second kappa shape index (κ2) is 12.3. The van der Waals surface area contributed by atoms with Crippen molar-refractivity contribution in [2.45, 2.75) is 45.6 Å². The van der Waals surface area contributed by atoms with Crippen molar-refractivity contribution in [2.75, 3.05) is 5.32 Å². The smallest absolute Gasteiger partial charge is 0.374 e. The molecule has 0 fully saturated rings. The molecule has 0 aliphatic carbocycles. The predicted octanol–water partition coefficient (Wildman–Crippen LogP) is 9.15. The third-order valence-electron chi connectivity index (χ3n) is 6.84. The maximum Gasteiger partial charge on any atom is 3.00 e. The number of benzene rings is 4. The van der Waals surface area contributed by atoms with Gasteiger partial charge < -0.3 is 5.32 Å². The SMILES string of the molecule is CC(C)c1cccc(C(C)C)c1NC(c1[c-]cccc1)c1cccc(-c2cccc3ccccc23)n1.[Gd+3]. The predicted molar refractivity (Wildman–Crippen MR) is 153 cm³/mol. The number of para-hydroxylation sites is 1. The van der Waals surface area contributed by atoms with Crippen LogP contribution in [0.4, 0.5) is 5.69 Å². The van der Waals surface area contributed by atoms with Crippen LogP contribution in [0.25, 0.3) is 22.0 Å². The quantitative estimate of drug-likeness (QED) is 0.182. The van der Waals surface area contributed by atoms with Crippen molar-refractivity contribution in [3.8, 4) is 11.3 Å². The summed E-state index contributed by atoms with van der Waals surface area (Å²) in [5, 5.41) is 6.37. The van der Waals surface area contributed by atoms with Crippen LogP contribution in [0.1, 0.15) is 68.0 Å². The van der Waals surface area contributed by atoms with E-state index in [4.69, 9.17) is 4.98 Å². The molecule has 0 spiro atoms. The average molecular weight is 627 g/mol. The van der Waals surface area contributed by atoms with Crippen LogP contribution in [0.15, 0.2) is 103 Å². The van der Waals surface area contributed by atoms with Gasteiger partial charge in [0.15, 0.2) is 0 Å². The van der Waals surface area contributed by atoms with E-state index < -0.39 is 0 Å². The molecule has 0 aliphatic rings. The van der Waals surface area contributed by atoms with Gasteiger partial charge in [-0.1, -0.05) is 94.4 Å². The summed E-state index contributed by atoms with van der Waals surface area (Å²) in [5.74, 6) is 0.808. The number of rotatable bonds is 7. The third-order valence-corrected chi connectivity index (χ3v) is 6.84. The number of anilines is 1. The molecule has 37 heavy (non-hydrogen) atoms. The van der Waals surface area contributed by atoms with E-state index in [1.807, 2.05) is 12.1 Å². The van der Waals surface area contributed by atoms with Crippen LogP contribution < -0.4 is 5.32 Å². The Labute approximate surface area is 253 Å². The summed E-state index contributed by atoms with van der Waals surface area (Å²) in [4.78, 5) is 5.23. The van der Waals surface area contributed by atoms with Crippen LogP contribution in [0.5, 0.6) is 0 Å². The normalized spacial score (nSPS) is 11.9. The van der Waals surface area contributed by atoms with Gasteiger partial charge in [-0.25, -0.2) is 0 Å². The van der Waals surface area contributed by atoms with Gasteiger partial charge in [0.25, 0.3) is 0 Å². The summed E-state index contributed by atoms with van der Waals surface area (Å²) in [6.07, 6.45) is 0. The Hall–Kier alpha value is -2.59. The van der Waals surface area contributed by atoms with E-state index in [1.54, 1.807) is 0 Å². The number of hydrogen-bond acceptors (Lipinski definition) is 2. The zero-order chi connectivity index (χ0) is 25.1. The first-order chi connectivity index (χ1) is 17.5. The van der Waals surface area contributed by atoms with Gasteiger partial charge in [0, 0.05) is 11.3 Å². The molecule has 0 bridgehead atoms. The van der Waals surface area contributed by atoms with Gasteiger partial charge in [-0.15, -0.1) is 5.56 Å². The Morgan fingerprint density at radius 3 is 2.03 bits per heavy atom. The summed E-state index contributed by atoms with van der Waals surface area (Å²) >= 11 is 0. The molecule has 1 heterocycles. The maximum atomic E-state index is 5.23. The minimum absolute atomic E-state index is 0. The van der Waals surface area contributed by atoms with Crippen molar-refractivity contribution >= 4 is 16.5 Å². The van der Waals surface area contributed by atoms with E-state index in [0.29, 0.717) is 11.8 Å². The van der Waals surface area contributed by atoms with E-state index >= 15 is 0 Å². The van der Waals surface area contributed by atoms with Crippen LogP contribution in [-0.4, -0.2) is 4.98 Å². The van der Waals surface area contributed by atoms with Crippen molar-refractivity contribution in [2.24, 2.45) is 0 Å². The van der Waals surface area contributed by atoms with Gasteiger partial charge in [0.05, 0.1) is 17.4 Å². The van der Waals surface area contributed by atoms with Crippen molar-refractivity contribution in [1.82, 2.24) is 4.98 Å². The number of pyridine rings is 1. The first-order valence-corrected chi connectivity index (χ1v) is 12.8. The molecule has 5 aromatic rings. The zero-order valence-corrected chi connectivity index (χ0v) is 24.1. The van der Waals surface area contributed by atoms with Gasteiger partial charge in [-0.05, 0) is 45.9 Å². The summed E-state index contributed by atoms with van der Waals surface area (Å²) in [6, 6.07) is 39.5. The minimum Gasteiger partial charge on any atom is -0.374 e. The van der Waals surface area contributed by atoms with Gasteiger partial charge in [-0.3, -0.25) is 4.98 Å². The molecule has 1 atom stereocenters. The fourth-order valence-corrected chi connectivity index (χ4v) is 4.97. The molecule has 5 rings (SSSR count). The summed E-state index contributed by atoms with van der Waals surface area (Å²) in [5.41, 5.74) is 8.05. The molecule has 0 amide bonds. The van der Waals surface area contributed by atoms with Gasteiger partial charge >= 0.3 is 39.9 Å². The van der Waals surface area contributed by atoms with Crippen molar-refractivity contribution < 1.29 is 39.9 Å². The fraction of sp³-hybridized carbons (Fsp3) is 0.206. The first kappa shape index (κ1) is 27.4. The third kappa shape index (κ3) is 5.96. The standard InChI is InChI=1S/C34H33N2.Gd/c1-23(2)27-18-11-19-28(24(3)4)34(27)36-33(26-14-6-5-7-15-26)32-22-12-21-31(35-32)30-20-10-16-25-13-8-9-17-29(25)30;/h5-14,16-24,33,36H,1-4H3;/q-1;+3. The molecule has 4 aromatic carbocycles. The second-order valence-corrected chi connectivity index (χ2v) is 9.99. The summed E-state index contributed by atoms with van der Waals surface area (Å²) in [7, 11) is 0. The fourth-order valence-electron chi connectivity index (χ4n) is 4.97. The molecule has 0 saturated heterocycles. The van der Waals surface area contributed by atoms with Crippen molar-refractivity contribution in [3.05, 3.63) is 132 Å². The number of hydrogen-bond donors (Lipinski definition) is 1. The molecule has 2 nitrogen and oxygen atoms in total. The molecular weight excluding hydrogens is 594 g/mol. The van der Waals surface area contributed by atoms with Gasteiger partial charge in [0.1, 0.15) is 0 Å². The number of nitrogens with one attached hydrogen (secondary N) is 1. The van der Waals surface area contributed by atoms with Crippen molar-refractivity contribution in [1.29, 1.82) is 0 Å². The summed E-state index contributed by atoms with van der Waals surface area (Å²) < 4.78 is 0. The van der Waals surface area contributed by atoms with E-state index in [0.717, 1.165) is 22.5 Å². The average Bonchev–Trinajstić information content (AvgIpc) is 2.91. The number of fused-ring (bicyclic) bond motifs is 1. The zero-order valence-electron chi connectivity index (χ0n) is 21.8. The maximum absolute atomic E-state index is 5.23. The van der Waals surface area contributed by atoms with Crippen LogP contribution in [-0.2, 0) is 0 Å². The molecule has 1 aromatic heterocycles. The molecule has 0 aliphatic heterocycles. The Balaban J connectivity index is 0.00000320. The molecular formula is C34H33GdN2+2. The monoisotopic (exact) mass is 627 g/mol. The van der Waals surface area contributed by atoms with Crippen LogP contribution >= 0.6 is 0 Å². The van der Waals surface area contributed by atoms with E-state index in [-0.39, 0.29) is 46.0 Å². The Kier molecular flexibility index (Phi) is 9.13. The molecule has 3 heteroatoms. The minimum atomic E-state index is -0.126. The van der Waals surface area contributed by atoms with Gasteiger partial charge in [0.2, 0.25) is 0 Å². The Bertz CT molecular complexity index is 1440. The largest absolute Gasteiger partial charge is 3.00 e. The summed E-state index contributed by atoms with van der Waals surface area (Å²) in [6.45, 7) is 9.03. The van der Waals surface area contributed by atoms with E-state index in [9.17, 15) is 0 Å². The van der Waals surface area contributed by atoms with Crippen LogP contribution in [0, 0.1) is 46.0 Å². The van der Waals surface area contributed by atoms with E-state index in [2.05, 4.69) is 130 Å². The molecule has 1 radical (unpaired) electrons. The van der Waals surface area contributed by atoms with Crippen LogP contribution in [0.2, 0.25) is 0 Å². The first-order valence-electron chi connectivity index (χ1n) is 12.8. The topological polar surface area (TPSA) is 24.9 Å². The second-order valence-electron chi connectivity index (χ2n) is 9.99. The van der Waals surface area contributed by atoms with Crippen molar-refractivity contribution in [3.63, 3.8) is 0 Å². The Morgan fingerprint density at radius 2 is 1.32 bits per heavy atom. The van der Waals surface area contributed by atoms with Gasteiger partial charge in [-0.2, -0.15) is 30.3 Å². The van der Waals surface area contributed by atoms with Crippen LogP contribution in [0.3, 0.4) is 0 Å². The van der Waals surface area contributed by atoms with E-state index in [1.165, 1.54) is 27.6 Å². The molecule has 0 saturated carbocycles. The number of nitrogens with zero attached hydrogens (tertiary/aromatic N) is 1. The number of aromatic nitrogens is 1.